The van der Waals surface area contributed by atoms with Gasteiger partial charge in [0.2, 0.25) is 23.6 Å². The summed E-state index contributed by atoms with van der Waals surface area (Å²) in [5, 5.41) is 11.9. The van der Waals surface area contributed by atoms with Gasteiger partial charge in [-0.1, -0.05) is 48.5 Å². The molecule has 0 bridgehead atoms. The lowest BCUT2D eigenvalue weighted by atomic mass is 9.94. The van der Waals surface area contributed by atoms with E-state index in [1.165, 1.54) is 9.80 Å². The van der Waals surface area contributed by atoms with Gasteiger partial charge in [-0.05, 0) is 121 Å². The van der Waals surface area contributed by atoms with Gasteiger partial charge in [0.15, 0.2) is 0 Å². The summed E-state index contributed by atoms with van der Waals surface area (Å²) in [5.74, 6) is -2.38. The second-order valence-corrected chi connectivity index (χ2v) is 18.0. The predicted molar refractivity (Wildman–Crippen MR) is 271 cm³/mol. The fraction of sp³-hybridized carbons (Fsp3) is 0.357. The number of rotatable bonds is 22. The molecule has 2 saturated heterocycles. The Balaban J connectivity index is 0.992. The first-order valence-electron chi connectivity index (χ1n) is 24.3. The molecule has 2 aliphatic rings. The number of hydrogen-bond acceptors (Lipinski definition) is 10. The van der Waals surface area contributed by atoms with Gasteiger partial charge < -0.3 is 50.0 Å². The van der Waals surface area contributed by atoms with Crippen molar-refractivity contribution >= 4 is 35.4 Å². The molecule has 378 valence electrons. The highest BCUT2D eigenvalue weighted by Crippen LogP contribution is 2.29. The van der Waals surface area contributed by atoms with Gasteiger partial charge in [0.05, 0.1) is 52.1 Å². The molecular formula is C56H64N6O10. The third kappa shape index (κ3) is 13.7. The molecular weight excluding hydrogens is 917 g/mol. The highest BCUT2D eigenvalue weighted by atomic mass is 16.5. The van der Waals surface area contributed by atoms with Crippen LogP contribution in [0.1, 0.15) is 43.0 Å². The van der Waals surface area contributed by atoms with Crippen molar-refractivity contribution in [1.82, 2.24) is 31.1 Å². The SMILES string of the molecule is COc1ccc(CCNC(=O)[C@H]2CN(C(=O)c3ccc(C(=O)N4C[C@H](C(=O)NCCc5ccc(OC)cc5)[C@@H](C(=O)NCCc5ccc(OC)cc5)C4)cc3)C[C@@H]2C(=O)NCCc2ccc(OC)cc2)cc1. The minimum atomic E-state index is -0.804. The van der Waals surface area contributed by atoms with Gasteiger partial charge in [-0.25, -0.2) is 0 Å². The van der Waals surface area contributed by atoms with Crippen LogP contribution in [0.15, 0.2) is 121 Å². The summed E-state index contributed by atoms with van der Waals surface area (Å²) in [6, 6.07) is 36.4. The van der Waals surface area contributed by atoms with Crippen LogP contribution in [0.2, 0.25) is 0 Å². The van der Waals surface area contributed by atoms with Crippen LogP contribution < -0.4 is 40.2 Å². The Morgan fingerprint density at radius 3 is 0.764 bits per heavy atom. The number of likely N-dealkylation sites (tertiary alicyclic amines) is 2. The molecule has 5 aromatic rings. The molecule has 16 nitrogen and oxygen atoms in total. The number of nitrogens with zero attached hydrogens (tertiary/aromatic N) is 2. The van der Waals surface area contributed by atoms with Gasteiger partial charge in [-0.2, -0.15) is 0 Å². The summed E-state index contributed by atoms with van der Waals surface area (Å²) >= 11 is 0. The molecule has 2 aliphatic heterocycles. The molecule has 4 N–H and O–H groups in total. The van der Waals surface area contributed by atoms with Crippen LogP contribution in [0.4, 0.5) is 0 Å². The van der Waals surface area contributed by atoms with E-state index in [9.17, 15) is 28.8 Å². The lowest BCUT2D eigenvalue weighted by molar-refractivity contribution is -0.132. The standard InChI is InChI=1S/C56H64N6O10/c1-69-43-17-5-37(6-18-43)25-29-57-51(63)47-33-61(34-48(47)52(64)58-30-26-38-7-19-44(70-2)20-8-38)55(67)41-13-15-42(16-14-41)56(68)62-35-49(53(65)59-31-27-39-9-21-45(71-3)22-10-39)50(36-62)54(66)60-32-28-40-11-23-46(72-4)24-12-40/h5-24,47-50H,25-36H2,1-4H3,(H,57,63)(H,58,64)(H,59,65)(H,60,66)/t47-,48-,49-,50-/m0/s1. The molecule has 2 heterocycles. The molecule has 16 heteroatoms. The lowest BCUT2D eigenvalue weighted by Gasteiger charge is -2.18. The normalized spacial score (nSPS) is 17.1. The van der Waals surface area contributed by atoms with Crippen LogP contribution in [0.25, 0.3) is 0 Å². The molecule has 0 radical (unpaired) electrons. The number of methoxy groups -OCH3 is 4. The van der Waals surface area contributed by atoms with E-state index in [2.05, 4.69) is 21.3 Å². The van der Waals surface area contributed by atoms with E-state index in [1.54, 1.807) is 52.7 Å². The topological polar surface area (TPSA) is 194 Å². The molecule has 72 heavy (non-hydrogen) atoms. The first-order valence-corrected chi connectivity index (χ1v) is 24.3. The molecule has 0 spiro atoms. The maximum absolute atomic E-state index is 14.1. The summed E-state index contributed by atoms with van der Waals surface area (Å²) in [7, 11) is 6.39. The number of carbonyl (C=O) groups excluding carboxylic acids is 6. The van der Waals surface area contributed by atoms with Gasteiger partial charge in [0, 0.05) is 63.5 Å². The summed E-state index contributed by atoms with van der Waals surface area (Å²) in [4.78, 5) is 86.4. The molecule has 2 fully saturated rings. The van der Waals surface area contributed by atoms with Crippen LogP contribution in [0.3, 0.4) is 0 Å². The largest absolute Gasteiger partial charge is 0.497 e. The van der Waals surface area contributed by atoms with Crippen molar-refractivity contribution in [3.05, 3.63) is 155 Å². The molecule has 7 rings (SSSR count). The molecule has 0 unspecified atom stereocenters. The monoisotopic (exact) mass is 980 g/mol. The fourth-order valence-corrected chi connectivity index (χ4v) is 9.14. The van der Waals surface area contributed by atoms with Crippen LogP contribution in [-0.2, 0) is 44.9 Å². The summed E-state index contributed by atoms with van der Waals surface area (Å²) in [6.45, 7) is 1.41. The van der Waals surface area contributed by atoms with Crippen LogP contribution in [-0.4, -0.2) is 126 Å². The Kier molecular flexibility index (Phi) is 18.3. The van der Waals surface area contributed by atoms with Crippen molar-refractivity contribution in [1.29, 1.82) is 0 Å². The van der Waals surface area contributed by atoms with E-state index >= 15 is 0 Å². The quantitative estimate of drug-likeness (QED) is 0.0766. The van der Waals surface area contributed by atoms with E-state index in [-0.39, 0.29) is 60.9 Å². The number of ether oxygens (including phenoxy) is 4. The predicted octanol–water partition coefficient (Wildman–Crippen LogP) is 4.53. The zero-order valence-electron chi connectivity index (χ0n) is 41.3. The number of nitrogens with one attached hydrogen (secondary N) is 4. The molecule has 0 aliphatic carbocycles. The zero-order valence-corrected chi connectivity index (χ0v) is 41.3. The molecule has 4 atom stereocenters. The molecule has 0 aromatic heterocycles. The minimum absolute atomic E-state index is 0.0192. The third-order valence-electron chi connectivity index (χ3n) is 13.4. The average Bonchev–Trinajstić information content (AvgIpc) is 4.08. The summed E-state index contributed by atoms with van der Waals surface area (Å²) < 4.78 is 21.0. The lowest BCUT2D eigenvalue weighted by Crippen LogP contribution is -2.42. The first kappa shape index (κ1) is 52.0. The highest BCUT2D eigenvalue weighted by Gasteiger charge is 2.45. The van der Waals surface area contributed by atoms with E-state index in [0.29, 0.717) is 51.9 Å². The first-order chi connectivity index (χ1) is 35.0. The molecule has 5 aromatic carbocycles. The Morgan fingerprint density at radius 1 is 0.361 bits per heavy atom. The Morgan fingerprint density at radius 2 is 0.569 bits per heavy atom. The molecule has 6 amide bonds. The van der Waals surface area contributed by atoms with Crippen molar-refractivity contribution in [2.45, 2.75) is 25.7 Å². The second-order valence-electron chi connectivity index (χ2n) is 18.0. The van der Waals surface area contributed by atoms with Gasteiger partial charge in [-0.15, -0.1) is 0 Å². The smallest absolute Gasteiger partial charge is 0.253 e. The second kappa shape index (κ2) is 25.3. The maximum atomic E-state index is 14.1. The number of amides is 6. The number of carbonyl (C=O) groups is 6. The number of benzene rings is 5. The van der Waals surface area contributed by atoms with Gasteiger partial charge in [0.1, 0.15) is 23.0 Å². The van der Waals surface area contributed by atoms with Gasteiger partial charge >= 0.3 is 0 Å². The van der Waals surface area contributed by atoms with Crippen molar-refractivity contribution in [3.8, 4) is 23.0 Å². The van der Waals surface area contributed by atoms with E-state index in [1.807, 2.05) is 97.1 Å². The van der Waals surface area contributed by atoms with E-state index in [0.717, 1.165) is 45.3 Å². The van der Waals surface area contributed by atoms with Crippen molar-refractivity contribution < 1.29 is 47.7 Å². The van der Waals surface area contributed by atoms with Crippen molar-refractivity contribution in [2.75, 3.05) is 80.8 Å². The Bertz CT molecular complexity index is 2300. The Labute approximate surface area is 420 Å². The van der Waals surface area contributed by atoms with E-state index in [4.69, 9.17) is 18.9 Å². The van der Waals surface area contributed by atoms with Gasteiger partial charge in [-0.3, -0.25) is 28.8 Å². The fourth-order valence-electron chi connectivity index (χ4n) is 9.14. The highest BCUT2D eigenvalue weighted by molar-refractivity contribution is 6.00. The average molecular weight is 981 g/mol. The zero-order chi connectivity index (χ0) is 51.0. The summed E-state index contributed by atoms with van der Waals surface area (Å²) in [5.41, 5.74) is 4.56. The molecule has 0 saturated carbocycles. The van der Waals surface area contributed by atoms with Crippen LogP contribution in [0, 0.1) is 23.7 Å². The Hall–Kier alpha value is -7.88. The summed E-state index contributed by atoms with van der Waals surface area (Å²) in [6.07, 6.45) is 2.24. The van der Waals surface area contributed by atoms with Crippen LogP contribution >= 0.6 is 0 Å². The van der Waals surface area contributed by atoms with E-state index < -0.39 is 35.5 Å². The number of hydrogen-bond donors (Lipinski definition) is 4. The third-order valence-corrected chi connectivity index (χ3v) is 13.4. The van der Waals surface area contributed by atoms with Crippen molar-refractivity contribution in [3.63, 3.8) is 0 Å². The van der Waals surface area contributed by atoms with Crippen molar-refractivity contribution in [2.24, 2.45) is 23.7 Å². The van der Waals surface area contributed by atoms with Crippen LogP contribution in [0.5, 0.6) is 23.0 Å². The minimum Gasteiger partial charge on any atom is -0.497 e. The maximum Gasteiger partial charge on any atom is 0.253 e. The van der Waals surface area contributed by atoms with Gasteiger partial charge in [0.25, 0.3) is 11.8 Å².